The number of piperidine rings is 1. The maximum atomic E-state index is 13.5. The number of anilines is 1. The van der Waals surface area contributed by atoms with E-state index >= 15 is 0 Å². The molecule has 0 aliphatic carbocycles. The lowest BCUT2D eigenvalue weighted by Crippen LogP contribution is -2.45. The molecule has 1 fully saturated rings. The van der Waals surface area contributed by atoms with Crippen LogP contribution in [0.1, 0.15) is 36.5 Å². The van der Waals surface area contributed by atoms with Crippen LogP contribution in [0.15, 0.2) is 41.3 Å². The van der Waals surface area contributed by atoms with Gasteiger partial charge in [0, 0.05) is 25.7 Å². The number of aryl methyl sites for hydroxylation is 2. The van der Waals surface area contributed by atoms with Crippen molar-refractivity contribution in [3.8, 4) is 5.75 Å². The third kappa shape index (κ3) is 4.74. The molecular weight excluding hydrogens is 442 g/mol. The van der Waals surface area contributed by atoms with Crippen LogP contribution in [0.2, 0.25) is 0 Å². The van der Waals surface area contributed by atoms with Crippen molar-refractivity contribution in [3.63, 3.8) is 0 Å². The van der Waals surface area contributed by atoms with E-state index in [4.69, 9.17) is 4.74 Å². The number of amides is 2. The Kier molecular flexibility index (Phi) is 6.45. The van der Waals surface area contributed by atoms with E-state index in [1.165, 1.54) is 10.4 Å². The highest BCUT2D eigenvalue weighted by atomic mass is 32.2. The molecule has 0 spiro atoms. The van der Waals surface area contributed by atoms with E-state index in [1.807, 2.05) is 31.2 Å². The molecule has 2 atom stereocenters. The highest BCUT2D eigenvalue weighted by Gasteiger charge is 2.35. The Hall–Kier alpha value is -2.91. The van der Waals surface area contributed by atoms with Crippen LogP contribution in [0.5, 0.6) is 5.75 Å². The number of benzene rings is 2. The molecule has 0 unspecified atom stereocenters. The first kappa shape index (κ1) is 23.3. The Bertz CT molecular complexity index is 1190. The maximum Gasteiger partial charge on any atom is 0.265 e. The largest absolute Gasteiger partial charge is 0.479 e. The lowest BCUT2D eigenvalue weighted by atomic mass is 9.98. The molecule has 2 amide bonds. The van der Waals surface area contributed by atoms with Crippen molar-refractivity contribution in [2.75, 3.05) is 18.4 Å². The second kappa shape index (κ2) is 9.15. The minimum atomic E-state index is -3.84. The molecule has 0 aromatic heterocycles. The number of sulfonamides is 1. The van der Waals surface area contributed by atoms with Crippen molar-refractivity contribution < 1.29 is 22.7 Å². The van der Waals surface area contributed by atoms with Crippen molar-refractivity contribution in [1.29, 1.82) is 0 Å². The summed E-state index contributed by atoms with van der Waals surface area (Å²) in [4.78, 5) is 24.8. The zero-order valence-electron chi connectivity index (χ0n) is 19.1. The lowest BCUT2D eigenvalue weighted by Gasteiger charge is -2.32. The number of carbonyl (C=O) groups excluding carboxylic acids is 2. The summed E-state index contributed by atoms with van der Waals surface area (Å²) in [5.74, 6) is -0.491. The van der Waals surface area contributed by atoms with Gasteiger partial charge in [-0.15, -0.1) is 0 Å². The molecule has 176 valence electrons. The summed E-state index contributed by atoms with van der Waals surface area (Å²) in [7, 11) is -3.84. The molecule has 4 rings (SSSR count). The number of ether oxygens (including phenoxy) is 1. The predicted octanol–water partition coefficient (Wildman–Crippen LogP) is 2.74. The summed E-state index contributed by atoms with van der Waals surface area (Å²) in [5, 5.41) is 5.70. The van der Waals surface area contributed by atoms with Crippen LogP contribution in [0.3, 0.4) is 0 Å². The Labute approximate surface area is 194 Å². The van der Waals surface area contributed by atoms with E-state index in [0.717, 1.165) is 11.1 Å². The molecule has 1 saturated heterocycles. The van der Waals surface area contributed by atoms with Gasteiger partial charge < -0.3 is 15.4 Å². The van der Waals surface area contributed by atoms with Crippen LogP contribution in [-0.4, -0.2) is 43.7 Å². The molecule has 33 heavy (non-hydrogen) atoms. The number of carbonyl (C=O) groups is 2. The highest BCUT2D eigenvalue weighted by Crippen LogP contribution is 2.36. The van der Waals surface area contributed by atoms with Gasteiger partial charge in [-0.3, -0.25) is 9.59 Å². The Morgan fingerprint density at radius 1 is 1.21 bits per heavy atom. The lowest BCUT2D eigenvalue weighted by molar-refractivity contribution is -0.126. The zero-order chi connectivity index (χ0) is 23.8. The van der Waals surface area contributed by atoms with E-state index in [1.54, 1.807) is 19.9 Å². The number of hydrogen-bond acceptors (Lipinski definition) is 5. The quantitative estimate of drug-likeness (QED) is 0.698. The normalized spacial score (nSPS) is 21.0. The smallest absolute Gasteiger partial charge is 0.265 e. The van der Waals surface area contributed by atoms with Gasteiger partial charge >= 0.3 is 0 Å². The average Bonchev–Trinajstić information content (AvgIpc) is 2.79. The van der Waals surface area contributed by atoms with Crippen molar-refractivity contribution in [1.82, 2.24) is 9.62 Å². The van der Waals surface area contributed by atoms with Crippen LogP contribution in [-0.2, 0) is 26.2 Å². The SMILES string of the molecule is Cc1ccccc1CNC(=O)[C@@H]1CCCN(S(=O)(=O)c2cc3c(cc2C)NC(=O)[C@H](C)O3)C1. The van der Waals surface area contributed by atoms with Gasteiger partial charge in [0.05, 0.1) is 16.5 Å². The summed E-state index contributed by atoms with van der Waals surface area (Å²) in [6.07, 6.45) is 0.545. The van der Waals surface area contributed by atoms with E-state index in [2.05, 4.69) is 10.6 Å². The number of nitrogens with one attached hydrogen (secondary N) is 2. The first-order chi connectivity index (χ1) is 15.7. The van der Waals surface area contributed by atoms with Crippen molar-refractivity contribution in [2.45, 2.75) is 51.2 Å². The molecule has 2 aromatic rings. The van der Waals surface area contributed by atoms with E-state index in [-0.39, 0.29) is 23.3 Å². The van der Waals surface area contributed by atoms with Crippen LogP contribution >= 0.6 is 0 Å². The summed E-state index contributed by atoms with van der Waals surface area (Å²) >= 11 is 0. The van der Waals surface area contributed by atoms with Gasteiger partial charge in [0.25, 0.3) is 5.91 Å². The van der Waals surface area contributed by atoms with Gasteiger partial charge in [0.1, 0.15) is 5.75 Å². The number of hydrogen-bond donors (Lipinski definition) is 2. The second-order valence-corrected chi connectivity index (χ2v) is 10.6. The van der Waals surface area contributed by atoms with Gasteiger partial charge in [-0.25, -0.2) is 8.42 Å². The molecule has 2 aliphatic heterocycles. The fourth-order valence-electron chi connectivity index (χ4n) is 4.27. The molecule has 9 heteroatoms. The summed E-state index contributed by atoms with van der Waals surface area (Å²) in [5.41, 5.74) is 3.11. The minimum absolute atomic E-state index is 0.130. The molecule has 0 saturated carbocycles. The van der Waals surface area contributed by atoms with Gasteiger partial charge in [0.2, 0.25) is 15.9 Å². The third-order valence-electron chi connectivity index (χ3n) is 6.30. The van der Waals surface area contributed by atoms with Crippen LogP contribution in [0.25, 0.3) is 0 Å². The molecule has 2 N–H and O–H groups in total. The second-order valence-electron chi connectivity index (χ2n) is 8.71. The molecule has 2 heterocycles. The Balaban J connectivity index is 1.49. The standard InChI is InChI=1S/C24H29N3O5S/c1-15-7-4-5-8-18(15)13-25-24(29)19-9-6-10-27(14-19)33(30,31)22-12-21-20(11-16(22)2)26-23(28)17(3)32-21/h4-5,7-8,11-12,17,19H,6,9-10,13-14H2,1-3H3,(H,25,29)(H,26,28)/t17-,19+/m0/s1. The monoisotopic (exact) mass is 471 g/mol. The Morgan fingerprint density at radius 3 is 2.73 bits per heavy atom. The van der Waals surface area contributed by atoms with Crippen molar-refractivity contribution in [3.05, 3.63) is 53.1 Å². The van der Waals surface area contributed by atoms with Gasteiger partial charge in [-0.2, -0.15) is 4.31 Å². The van der Waals surface area contributed by atoms with E-state index in [9.17, 15) is 18.0 Å². The van der Waals surface area contributed by atoms with Gasteiger partial charge in [-0.1, -0.05) is 24.3 Å². The van der Waals surface area contributed by atoms with Gasteiger partial charge in [-0.05, 0) is 56.4 Å². The first-order valence-corrected chi connectivity index (χ1v) is 12.6. The number of nitrogens with zero attached hydrogens (tertiary/aromatic N) is 1. The summed E-state index contributed by atoms with van der Waals surface area (Å²) in [6, 6.07) is 10.9. The van der Waals surface area contributed by atoms with Gasteiger partial charge in [0.15, 0.2) is 6.10 Å². The minimum Gasteiger partial charge on any atom is -0.479 e. The third-order valence-corrected chi connectivity index (χ3v) is 8.30. The topological polar surface area (TPSA) is 105 Å². The van der Waals surface area contributed by atoms with Crippen LogP contribution in [0, 0.1) is 19.8 Å². The zero-order valence-corrected chi connectivity index (χ0v) is 19.9. The summed E-state index contributed by atoms with van der Waals surface area (Å²) < 4.78 is 34.0. The maximum absolute atomic E-state index is 13.5. The Morgan fingerprint density at radius 2 is 1.97 bits per heavy atom. The highest BCUT2D eigenvalue weighted by molar-refractivity contribution is 7.89. The molecule has 2 aromatic carbocycles. The molecule has 2 aliphatic rings. The van der Waals surface area contributed by atoms with Crippen molar-refractivity contribution >= 4 is 27.5 Å². The fraction of sp³-hybridized carbons (Fsp3) is 0.417. The number of fused-ring (bicyclic) bond motifs is 1. The molecular formula is C24H29N3O5S. The number of rotatable bonds is 5. The van der Waals surface area contributed by atoms with E-state index in [0.29, 0.717) is 42.9 Å². The summed E-state index contributed by atoms with van der Waals surface area (Å²) in [6.45, 7) is 6.19. The molecule has 0 bridgehead atoms. The fourth-order valence-corrected chi connectivity index (χ4v) is 6.02. The first-order valence-electron chi connectivity index (χ1n) is 11.1. The average molecular weight is 472 g/mol. The molecule has 8 nitrogen and oxygen atoms in total. The van der Waals surface area contributed by atoms with E-state index < -0.39 is 22.0 Å². The predicted molar refractivity (Wildman–Crippen MR) is 124 cm³/mol. The van der Waals surface area contributed by atoms with Crippen LogP contribution in [0.4, 0.5) is 5.69 Å². The molecule has 0 radical (unpaired) electrons. The van der Waals surface area contributed by atoms with Crippen molar-refractivity contribution in [2.24, 2.45) is 5.92 Å². The van der Waals surface area contributed by atoms with Crippen LogP contribution < -0.4 is 15.4 Å².